The van der Waals surface area contributed by atoms with E-state index in [0.717, 1.165) is 19.5 Å². The molecule has 0 aromatic carbocycles. The van der Waals surface area contributed by atoms with Crippen LogP contribution in [0.15, 0.2) is 0 Å². The van der Waals surface area contributed by atoms with E-state index in [1.807, 2.05) is 6.92 Å². The molecule has 1 amide bonds. The van der Waals surface area contributed by atoms with E-state index in [1.165, 1.54) is 0 Å². The molecule has 0 radical (unpaired) electrons. The molecule has 1 rings (SSSR count). The number of carbonyl (C=O) groups is 1. The third kappa shape index (κ3) is 2.79. The average Bonchev–Trinajstić information content (AvgIpc) is 2.36. The molecule has 0 aromatic heterocycles. The summed E-state index contributed by atoms with van der Waals surface area (Å²) < 4.78 is 0. The van der Waals surface area contributed by atoms with Crippen LogP contribution >= 0.6 is 0 Å². The summed E-state index contributed by atoms with van der Waals surface area (Å²) in [6, 6.07) is 0.263. The summed E-state index contributed by atoms with van der Waals surface area (Å²) in [6.45, 7) is 4.95. The SMILES string of the molecule is CCNC(=O)CN1CC[C@H](N)C1. The minimum absolute atomic E-state index is 0.103. The zero-order chi connectivity index (χ0) is 8.97. The number of likely N-dealkylation sites (N-methyl/N-ethyl adjacent to an activating group) is 1. The van der Waals surface area contributed by atoms with Crippen LogP contribution in [0.3, 0.4) is 0 Å². The van der Waals surface area contributed by atoms with Crippen LogP contribution < -0.4 is 11.1 Å². The van der Waals surface area contributed by atoms with Crippen molar-refractivity contribution < 1.29 is 4.79 Å². The fourth-order valence-corrected chi connectivity index (χ4v) is 1.46. The second-order valence-electron chi connectivity index (χ2n) is 3.24. The lowest BCUT2D eigenvalue weighted by molar-refractivity contribution is -0.121. The zero-order valence-electron chi connectivity index (χ0n) is 7.55. The van der Waals surface area contributed by atoms with E-state index in [9.17, 15) is 4.79 Å². The normalized spacial score (nSPS) is 24.3. The highest BCUT2D eigenvalue weighted by Crippen LogP contribution is 2.05. The molecular formula is C8H17N3O. The first-order chi connectivity index (χ1) is 5.72. The minimum atomic E-state index is 0.103. The van der Waals surface area contributed by atoms with E-state index in [-0.39, 0.29) is 11.9 Å². The first-order valence-electron chi connectivity index (χ1n) is 4.47. The lowest BCUT2D eigenvalue weighted by Gasteiger charge is -2.13. The van der Waals surface area contributed by atoms with Crippen molar-refractivity contribution in [1.82, 2.24) is 10.2 Å². The van der Waals surface area contributed by atoms with Gasteiger partial charge in [0.25, 0.3) is 0 Å². The van der Waals surface area contributed by atoms with Gasteiger partial charge in [-0.25, -0.2) is 0 Å². The number of carbonyl (C=O) groups excluding carboxylic acids is 1. The molecule has 1 aliphatic heterocycles. The number of nitrogens with two attached hydrogens (primary N) is 1. The number of likely N-dealkylation sites (tertiary alicyclic amines) is 1. The monoisotopic (exact) mass is 171 g/mol. The van der Waals surface area contributed by atoms with E-state index in [4.69, 9.17) is 5.73 Å². The largest absolute Gasteiger partial charge is 0.355 e. The summed E-state index contributed by atoms with van der Waals surface area (Å²) in [6.07, 6.45) is 1.01. The van der Waals surface area contributed by atoms with Crippen LogP contribution in [0.1, 0.15) is 13.3 Å². The Labute approximate surface area is 73.1 Å². The Kier molecular flexibility index (Phi) is 3.49. The number of nitrogens with zero attached hydrogens (tertiary/aromatic N) is 1. The van der Waals surface area contributed by atoms with Crippen LogP contribution in [0.4, 0.5) is 0 Å². The number of rotatable bonds is 3. The Hall–Kier alpha value is -0.610. The summed E-state index contributed by atoms with van der Waals surface area (Å²) in [5.74, 6) is 0.103. The van der Waals surface area contributed by atoms with Crippen molar-refractivity contribution in [2.24, 2.45) is 5.73 Å². The summed E-state index contributed by atoms with van der Waals surface area (Å²) in [4.78, 5) is 13.2. The van der Waals surface area contributed by atoms with E-state index in [2.05, 4.69) is 10.2 Å². The van der Waals surface area contributed by atoms with Crippen LogP contribution in [-0.4, -0.2) is 43.0 Å². The number of hydrogen-bond donors (Lipinski definition) is 2. The maximum absolute atomic E-state index is 11.1. The molecule has 4 heteroatoms. The van der Waals surface area contributed by atoms with Crippen molar-refractivity contribution in [2.75, 3.05) is 26.2 Å². The molecule has 1 atom stereocenters. The molecule has 0 spiro atoms. The third-order valence-corrected chi connectivity index (χ3v) is 2.05. The van der Waals surface area contributed by atoms with E-state index >= 15 is 0 Å². The van der Waals surface area contributed by atoms with Gasteiger partial charge in [-0.05, 0) is 13.3 Å². The molecule has 0 saturated carbocycles. The molecule has 70 valence electrons. The lowest BCUT2D eigenvalue weighted by Crippen LogP contribution is -2.37. The van der Waals surface area contributed by atoms with Gasteiger partial charge in [0.05, 0.1) is 6.54 Å². The highest BCUT2D eigenvalue weighted by molar-refractivity contribution is 5.77. The molecular weight excluding hydrogens is 154 g/mol. The molecule has 0 bridgehead atoms. The van der Waals surface area contributed by atoms with Crippen molar-refractivity contribution in [3.8, 4) is 0 Å². The van der Waals surface area contributed by atoms with Gasteiger partial charge in [0.2, 0.25) is 5.91 Å². The molecule has 1 heterocycles. The fourth-order valence-electron chi connectivity index (χ4n) is 1.46. The van der Waals surface area contributed by atoms with Gasteiger partial charge in [0.1, 0.15) is 0 Å². The maximum Gasteiger partial charge on any atom is 0.234 e. The highest BCUT2D eigenvalue weighted by Gasteiger charge is 2.20. The summed E-state index contributed by atoms with van der Waals surface area (Å²) >= 11 is 0. The van der Waals surface area contributed by atoms with Gasteiger partial charge in [-0.3, -0.25) is 9.69 Å². The van der Waals surface area contributed by atoms with Gasteiger partial charge in [-0.1, -0.05) is 0 Å². The van der Waals surface area contributed by atoms with Crippen molar-refractivity contribution in [1.29, 1.82) is 0 Å². The Morgan fingerprint density at radius 2 is 2.50 bits per heavy atom. The number of nitrogens with one attached hydrogen (secondary N) is 1. The molecule has 0 aliphatic carbocycles. The van der Waals surface area contributed by atoms with Gasteiger partial charge >= 0.3 is 0 Å². The van der Waals surface area contributed by atoms with Crippen molar-refractivity contribution in [3.63, 3.8) is 0 Å². The summed E-state index contributed by atoms with van der Waals surface area (Å²) in [5, 5.41) is 2.77. The van der Waals surface area contributed by atoms with E-state index < -0.39 is 0 Å². The molecule has 4 nitrogen and oxygen atoms in total. The van der Waals surface area contributed by atoms with Gasteiger partial charge in [0, 0.05) is 25.7 Å². The molecule has 0 aromatic rings. The van der Waals surface area contributed by atoms with Crippen molar-refractivity contribution in [3.05, 3.63) is 0 Å². The van der Waals surface area contributed by atoms with Crippen molar-refractivity contribution >= 4 is 5.91 Å². The van der Waals surface area contributed by atoms with Crippen LogP contribution in [0, 0.1) is 0 Å². The molecule has 12 heavy (non-hydrogen) atoms. The van der Waals surface area contributed by atoms with E-state index in [1.54, 1.807) is 0 Å². The second kappa shape index (κ2) is 4.42. The molecule has 3 N–H and O–H groups in total. The van der Waals surface area contributed by atoms with Gasteiger partial charge in [-0.2, -0.15) is 0 Å². The predicted molar refractivity (Wildman–Crippen MR) is 47.7 cm³/mol. The smallest absolute Gasteiger partial charge is 0.234 e. The van der Waals surface area contributed by atoms with Gasteiger partial charge < -0.3 is 11.1 Å². The second-order valence-corrected chi connectivity index (χ2v) is 3.24. The van der Waals surface area contributed by atoms with Crippen LogP contribution in [0.25, 0.3) is 0 Å². The summed E-state index contributed by atoms with van der Waals surface area (Å²) in [5.41, 5.74) is 5.70. The fraction of sp³-hybridized carbons (Fsp3) is 0.875. The zero-order valence-corrected chi connectivity index (χ0v) is 7.55. The number of amides is 1. The molecule has 1 aliphatic rings. The first kappa shape index (κ1) is 9.48. The Morgan fingerprint density at radius 3 is 3.00 bits per heavy atom. The summed E-state index contributed by atoms with van der Waals surface area (Å²) in [7, 11) is 0. The topological polar surface area (TPSA) is 58.4 Å². The standard InChI is InChI=1S/C8H17N3O/c1-2-10-8(12)6-11-4-3-7(9)5-11/h7H,2-6,9H2,1H3,(H,10,12)/t7-/m0/s1. The third-order valence-electron chi connectivity index (χ3n) is 2.05. The Morgan fingerprint density at radius 1 is 1.75 bits per heavy atom. The van der Waals surface area contributed by atoms with Crippen LogP contribution in [-0.2, 0) is 4.79 Å². The van der Waals surface area contributed by atoms with Gasteiger partial charge in [0.15, 0.2) is 0 Å². The van der Waals surface area contributed by atoms with Crippen LogP contribution in [0.2, 0.25) is 0 Å². The molecule has 1 saturated heterocycles. The predicted octanol–water partition coefficient (Wildman–Crippen LogP) is -0.844. The van der Waals surface area contributed by atoms with E-state index in [0.29, 0.717) is 13.1 Å². The Balaban J connectivity index is 2.18. The Bertz CT molecular complexity index is 160. The first-order valence-corrected chi connectivity index (χ1v) is 4.47. The highest BCUT2D eigenvalue weighted by atomic mass is 16.2. The minimum Gasteiger partial charge on any atom is -0.355 e. The quantitative estimate of drug-likeness (QED) is 0.582. The average molecular weight is 171 g/mol. The van der Waals surface area contributed by atoms with Gasteiger partial charge in [-0.15, -0.1) is 0 Å². The number of hydrogen-bond acceptors (Lipinski definition) is 3. The lowest BCUT2D eigenvalue weighted by atomic mass is 10.3. The molecule has 0 unspecified atom stereocenters. The maximum atomic E-state index is 11.1. The molecule has 1 fully saturated rings. The van der Waals surface area contributed by atoms with Crippen molar-refractivity contribution in [2.45, 2.75) is 19.4 Å². The van der Waals surface area contributed by atoms with Crippen LogP contribution in [0.5, 0.6) is 0 Å².